The van der Waals surface area contributed by atoms with Gasteiger partial charge in [0.2, 0.25) is 0 Å². The Hall–Kier alpha value is -2.08. The average Bonchev–Trinajstić information content (AvgIpc) is 2.32. The van der Waals surface area contributed by atoms with Crippen LogP contribution in [0.2, 0.25) is 0 Å². The van der Waals surface area contributed by atoms with Gasteiger partial charge in [0.15, 0.2) is 0 Å². The lowest BCUT2D eigenvalue weighted by molar-refractivity contribution is 0.459. The molecule has 0 radical (unpaired) electrons. The monoisotopic (exact) mass is 267 g/mol. The van der Waals surface area contributed by atoms with Gasteiger partial charge in [0.25, 0.3) is 10.0 Å². The van der Waals surface area contributed by atoms with E-state index in [4.69, 9.17) is 0 Å². The molecule has 2 aromatic rings. The molecule has 2 N–H and O–H groups in total. The predicted octanol–water partition coefficient (Wildman–Crippen LogP) is 2.33. The lowest BCUT2D eigenvalue weighted by atomic mass is 10.3. The van der Waals surface area contributed by atoms with Gasteiger partial charge in [-0.15, -0.1) is 0 Å². The summed E-state index contributed by atoms with van der Waals surface area (Å²) in [5, 5.41) is 9.48. The highest BCUT2D eigenvalue weighted by atomic mass is 32.2. The van der Waals surface area contributed by atoms with Gasteiger partial charge < -0.3 is 5.11 Å². The van der Waals surface area contributed by atoms with Crippen LogP contribution in [-0.4, -0.2) is 13.5 Å². The molecule has 6 heteroatoms. The van der Waals surface area contributed by atoms with Crippen LogP contribution in [0.4, 0.5) is 10.1 Å². The molecule has 0 amide bonds. The van der Waals surface area contributed by atoms with Gasteiger partial charge in [0, 0.05) is 0 Å². The van der Waals surface area contributed by atoms with Crippen LogP contribution >= 0.6 is 0 Å². The number of phenols is 1. The zero-order chi connectivity index (χ0) is 13.2. The van der Waals surface area contributed by atoms with E-state index in [0.717, 1.165) is 6.07 Å². The van der Waals surface area contributed by atoms with Crippen molar-refractivity contribution in [2.24, 2.45) is 0 Å². The van der Waals surface area contributed by atoms with Crippen molar-refractivity contribution in [3.05, 3.63) is 54.3 Å². The third-order valence-electron chi connectivity index (χ3n) is 2.27. The number of para-hydroxylation sites is 2. The van der Waals surface area contributed by atoms with Crippen molar-refractivity contribution >= 4 is 15.7 Å². The number of aromatic hydroxyl groups is 1. The zero-order valence-corrected chi connectivity index (χ0v) is 9.99. The Morgan fingerprint density at radius 3 is 2.28 bits per heavy atom. The van der Waals surface area contributed by atoms with Crippen molar-refractivity contribution in [2.75, 3.05) is 4.72 Å². The van der Waals surface area contributed by atoms with Gasteiger partial charge in [0.1, 0.15) is 16.5 Å². The Balaban J connectivity index is 2.40. The second kappa shape index (κ2) is 4.66. The Kier molecular flexibility index (Phi) is 3.20. The first-order chi connectivity index (χ1) is 8.50. The second-order valence-electron chi connectivity index (χ2n) is 3.55. The molecule has 0 heterocycles. The smallest absolute Gasteiger partial charge is 0.265 e. The lowest BCUT2D eigenvalue weighted by Gasteiger charge is -2.09. The summed E-state index contributed by atoms with van der Waals surface area (Å²) < 4.78 is 39.3. The molecule has 0 spiro atoms. The van der Waals surface area contributed by atoms with Crippen LogP contribution in [0.25, 0.3) is 0 Å². The molecular weight excluding hydrogens is 257 g/mol. The molecule has 18 heavy (non-hydrogen) atoms. The van der Waals surface area contributed by atoms with Crippen molar-refractivity contribution in [1.29, 1.82) is 0 Å². The van der Waals surface area contributed by atoms with E-state index in [0.29, 0.717) is 0 Å². The third-order valence-corrected chi connectivity index (χ3v) is 3.69. The summed E-state index contributed by atoms with van der Waals surface area (Å²) in [6.45, 7) is 0. The molecule has 0 saturated carbocycles. The maximum Gasteiger partial charge on any atom is 0.265 e. The maximum absolute atomic E-state index is 13.3. The third kappa shape index (κ3) is 2.43. The summed E-state index contributed by atoms with van der Waals surface area (Å²) >= 11 is 0. The highest BCUT2D eigenvalue weighted by Crippen LogP contribution is 2.24. The number of halogens is 1. The summed E-state index contributed by atoms with van der Waals surface area (Å²) in [5.41, 5.74) is -0.166. The van der Waals surface area contributed by atoms with Crippen molar-refractivity contribution in [3.8, 4) is 5.75 Å². The maximum atomic E-state index is 13.3. The van der Waals surface area contributed by atoms with Crippen LogP contribution in [0.1, 0.15) is 0 Å². The quantitative estimate of drug-likeness (QED) is 0.897. The van der Waals surface area contributed by atoms with E-state index in [9.17, 15) is 17.9 Å². The molecule has 0 unspecified atom stereocenters. The normalized spacial score (nSPS) is 11.2. The van der Waals surface area contributed by atoms with Crippen LogP contribution < -0.4 is 4.72 Å². The van der Waals surface area contributed by atoms with Gasteiger partial charge in [-0.2, -0.15) is 0 Å². The summed E-state index contributed by atoms with van der Waals surface area (Å²) in [6.07, 6.45) is 0. The average molecular weight is 267 g/mol. The number of nitrogens with one attached hydrogen (secondary N) is 1. The molecule has 0 fully saturated rings. The minimum Gasteiger partial charge on any atom is -0.507 e. The largest absolute Gasteiger partial charge is 0.507 e. The highest BCUT2D eigenvalue weighted by Gasteiger charge is 2.19. The fraction of sp³-hybridized carbons (Fsp3) is 0. The Morgan fingerprint density at radius 1 is 1.00 bits per heavy atom. The Labute approximate surface area is 104 Å². The van der Waals surface area contributed by atoms with Crippen LogP contribution in [0.5, 0.6) is 5.75 Å². The first-order valence-corrected chi connectivity index (χ1v) is 6.54. The van der Waals surface area contributed by atoms with Crippen LogP contribution in [0.15, 0.2) is 53.4 Å². The molecule has 4 nitrogen and oxygen atoms in total. The molecule has 0 atom stereocenters. The molecule has 2 aromatic carbocycles. The van der Waals surface area contributed by atoms with Gasteiger partial charge in [-0.1, -0.05) is 24.3 Å². The van der Waals surface area contributed by atoms with E-state index in [1.165, 1.54) is 42.5 Å². The highest BCUT2D eigenvalue weighted by molar-refractivity contribution is 7.92. The Bertz CT molecular complexity index is 671. The molecule has 2 rings (SSSR count). The first kappa shape index (κ1) is 12.4. The zero-order valence-electron chi connectivity index (χ0n) is 9.17. The van der Waals surface area contributed by atoms with E-state index >= 15 is 0 Å². The fourth-order valence-electron chi connectivity index (χ4n) is 1.43. The number of sulfonamides is 1. The Morgan fingerprint density at radius 2 is 1.61 bits per heavy atom. The number of rotatable bonds is 3. The van der Waals surface area contributed by atoms with E-state index in [1.54, 1.807) is 0 Å². The molecule has 0 aliphatic carbocycles. The molecule has 0 aliphatic rings. The minimum atomic E-state index is -4.01. The minimum absolute atomic E-state index is 0.166. The summed E-state index contributed by atoms with van der Waals surface area (Å²) in [5.74, 6) is -1.07. The van der Waals surface area contributed by atoms with Gasteiger partial charge in [-0.05, 0) is 24.3 Å². The predicted molar refractivity (Wildman–Crippen MR) is 65.3 cm³/mol. The summed E-state index contributed by atoms with van der Waals surface area (Å²) in [4.78, 5) is -0.298. The van der Waals surface area contributed by atoms with E-state index in [2.05, 4.69) is 4.72 Å². The molecular formula is C12H10FNO3S. The first-order valence-electron chi connectivity index (χ1n) is 5.06. The van der Waals surface area contributed by atoms with Crippen LogP contribution in [0, 0.1) is 5.82 Å². The van der Waals surface area contributed by atoms with E-state index in [-0.39, 0.29) is 16.3 Å². The van der Waals surface area contributed by atoms with Crippen LogP contribution in [0.3, 0.4) is 0 Å². The number of anilines is 1. The van der Waals surface area contributed by atoms with Crippen molar-refractivity contribution < 1.29 is 17.9 Å². The van der Waals surface area contributed by atoms with Gasteiger partial charge in [-0.25, -0.2) is 12.8 Å². The standard InChI is InChI=1S/C12H10FNO3S/c13-9-5-1-2-6-10(9)14-18(16,17)12-8-4-3-7-11(12)15/h1-8,14-15H. The van der Waals surface area contributed by atoms with E-state index in [1.807, 2.05) is 0 Å². The SMILES string of the molecule is O=S(=O)(Nc1ccccc1F)c1ccccc1O. The van der Waals surface area contributed by atoms with Crippen molar-refractivity contribution in [2.45, 2.75) is 4.90 Å². The van der Waals surface area contributed by atoms with E-state index < -0.39 is 15.8 Å². The van der Waals surface area contributed by atoms with Crippen molar-refractivity contribution in [3.63, 3.8) is 0 Å². The van der Waals surface area contributed by atoms with Crippen molar-refractivity contribution in [1.82, 2.24) is 0 Å². The number of hydrogen-bond donors (Lipinski definition) is 2. The molecule has 0 aliphatic heterocycles. The number of phenolic OH excluding ortho intramolecular Hbond substituents is 1. The molecule has 0 bridgehead atoms. The molecule has 94 valence electrons. The topological polar surface area (TPSA) is 66.4 Å². The van der Waals surface area contributed by atoms with Crippen LogP contribution in [-0.2, 0) is 10.0 Å². The fourth-order valence-corrected chi connectivity index (χ4v) is 2.59. The number of hydrogen-bond acceptors (Lipinski definition) is 3. The molecule has 0 saturated heterocycles. The van der Waals surface area contributed by atoms with Gasteiger partial charge in [0.05, 0.1) is 5.69 Å². The number of benzene rings is 2. The second-order valence-corrected chi connectivity index (χ2v) is 5.20. The summed E-state index contributed by atoms with van der Waals surface area (Å²) in [6, 6.07) is 10.8. The summed E-state index contributed by atoms with van der Waals surface area (Å²) in [7, 11) is -4.01. The van der Waals surface area contributed by atoms with Gasteiger partial charge >= 0.3 is 0 Å². The molecule has 0 aromatic heterocycles. The van der Waals surface area contributed by atoms with Gasteiger partial charge in [-0.3, -0.25) is 4.72 Å². The lowest BCUT2D eigenvalue weighted by Crippen LogP contribution is -2.14.